The first-order valence-electron chi connectivity index (χ1n) is 10.3. The van der Waals surface area contributed by atoms with Crippen molar-refractivity contribution in [3.63, 3.8) is 0 Å². The third-order valence-electron chi connectivity index (χ3n) is 5.40. The smallest absolute Gasteiger partial charge is 0.227 e. The van der Waals surface area contributed by atoms with E-state index in [1.54, 1.807) is 0 Å². The number of unbranched alkanes of at least 4 members (excludes halogenated alkanes) is 2. The number of ketones is 1. The second kappa shape index (κ2) is 11.9. The quantitative estimate of drug-likeness (QED) is 0.459. The summed E-state index contributed by atoms with van der Waals surface area (Å²) in [5, 5.41) is 3.09. The Morgan fingerprint density at radius 3 is 2.42 bits per heavy atom. The van der Waals surface area contributed by atoms with Crippen LogP contribution < -0.4 is 5.32 Å². The van der Waals surface area contributed by atoms with Crippen molar-refractivity contribution in [1.82, 2.24) is 0 Å². The van der Waals surface area contributed by atoms with Gasteiger partial charge >= 0.3 is 0 Å². The number of benzene rings is 1. The molecule has 0 aliphatic rings. The van der Waals surface area contributed by atoms with E-state index >= 15 is 0 Å². The molecule has 0 radical (unpaired) electrons. The lowest BCUT2D eigenvalue weighted by molar-refractivity contribution is -0.122. The summed E-state index contributed by atoms with van der Waals surface area (Å²) in [6.07, 6.45) is 7.72. The summed E-state index contributed by atoms with van der Waals surface area (Å²) in [6.45, 7) is 10.3. The number of amides is 1. The van der Waals surface area contributed by atoms with Gasteiger partial charge in [-0.1, -0.05) is 52.7 Å². The lowest BCUT2D eigenvalue weighted by atomic mass is 9.96. The molecule has 0 saturated heterocycles. The van der Waals surface area contributed by atoms with Crippen LogP contribution in [0, 0.1) is 18.8 Å². The van der Waals surface area contributed by atoms with Crippen LogP contribution in [-0.4, -0.2) is 11.7 Å². The molecule has 146 valence electrons. The van der Waals surface area contributed by atoms with Crippen molar-refractivity contribution in [1.29, 1.82) is 0 Å². The molecule has 0 bridgehead atoms. The van der Waals surface area contributed by atoms with Gasteiger partial charge in [0.25, 0.3) is 0 Å². The Morgan fingerprint density at radius 1 is 1.04 bits per heavy atom. The second-order valence-electron chi connectivity index (χ2n) is 7.60. The maximum Gasteiger partial charge on any atom is 0.227 e. The van der Waals surface area contributed by atoms with Crippen LogP contribution in [0.15, 0.2) is 18.2 Å². The molecule has 0 aliphatic heterocycles. The van der Waals surface area contributed by atoms with Gasteiger partial charge in [-0.25, -0.2) is 0 Å². The zero-order valence-corrected chi connectivity index (χ0v) is 17.4. The topological polar surface area (TPSA) is 46.2 Å². The van der Waals surface area contributed by atoms with Crippen molar-refractivity contribution < 1.29 is 9.59 Å². The summed E-state index contributed by atoms with van der Waals surface area (Å²) < 4.78 is 0. The van der Waals surface area contributed by atoms with E-state index in [1.165, 1.54) is 11.1 Å². The molecule has 0 saturated carbocycles. The number of aryl methyl sites for hydroxylation is 1. The standard InChI is InChI=1S/C23H37NO2/c1-6-12-18(4)23(26)24-21-15-11-14-20(19(21)5)13-9-8-10-16-22(25)17(3)7-2/h11,14-15,17-18H,6-10,12-13,16H2,1-5H3,(H,24,26). The maximum atomic E-state index is 12.3. The molecule has 0 aliphatic carbocycles. The molecule has 2 atom stereocenters. The van der Waals surface area contributed by atoms with Crippen molar-refractivity contribution in [3.8, 4) is 0 Å². The van der Waals surface area contributed by atoms with Crippen LogP contribution in [0.1, 0.15) is 83.8 Å². The summed E-state index contributed by atoms with van der Waals surface area (Å²) in [5.74, 6) is 0.754. The van der Waals surface area contributed by atoms with Crippen LogP contribution in [0.25, 0.3) is 0 Å². The van der Waals surface area contributed by atoms with Gasteiger partial charge in [0.1, 0.15) is 5.78 Å². The highest BCUT2D eigenvalue weighted by Crippen LogP contribution is 2.22. The molecular formula is C23H37NO2. The largest absolute Gasteiger partial charge is 0.326 e. The van der Waals surface area contributed by atoms with Crippen molar-refractivity contribution in [2.24, 2.45) is 11.8 Å². The molecule has 0 fully saturated rings. The fourth-order valence-electron chi connectivity index (χ4n) is 3.18. The molecule has 1 N–H and O–H groups in total. The first-order chi connectivity index (χ1) is 12.4. The molecular weight excluding hydrogens is 322 g/mol. The summed E-state index contributed by atoms with van der Waals surface area (Å²) in [7, 11) is 0. The Labute approximate surface area is 160 Å². The number of Topliss-reactive ketones (excluding diaryl/α,β-unsaturated/α-hetero) is 1. The number of carbonyl (C=O) groups excluding carboxylic acids is 2. The number of hydrogen-bond donors (Lipinski definition) is 1. The third kappa shape index (κ3) is 7.31. The average Bonchev–Trinajstić information content (AvgIpc) is 2.63. The Kier molecular flexibility index (Phi) is 10.2. The van der Waals surface area contributed by atoms with Gasteiger partial charge in [-0.2, -0.15) is 0 Å². The van der Waals surface area contributed by atoms with E-state index in [-0.39, 0.29) is 17.7 Å². The minimum absolute atomic E-state index is 0.0473. The van der Waals surface area contributed by atoms with E-state index in [0.29, 0.717) is 12.2 Å². The molecule has 3 nitrogen and oxygen atoms in total. The zero-order valence-electron chi connectivity index (χ0n) is 17.4. The minimum atomic E-state index is 0.0473. The Hall–Kier alpha value is -1.64. The van der Waals surface area contributed by atoms with Gasteiger partial charge < -0.3 is 5.32 Å². The molecule has 0 heterocycles. The fraction of sp³-hybridized carbons (Fsp3) is 0.652. The molecule has 26 heavy (non-hydrogen) atoms. The zero-order chi connectivity index (χ0) is 19.5. The van der Waals surface area contributed by atoms with E-state index in [1.807, 2.05) is 26.0 Å². The van der Waals surface area contributed by atoms with Crippen LogP contribution in [0.4, 0.5) is 5.69 Å². The molecule has 2 unspecified atom stereocenters. The number of anilines is 1. The number of rotatable bonds is 12. The number of carbonyl (C=O) groups is 2. The third-order valence-corrected chi connectivity index (χ3v) is 5.40. The molecule has 0 aromatic heterocycles. The highest BCUT2D eigenvalue weighted by Gasteiger charge is 2.14. The van der Waals surface area contributed by atoms with Crippen molar-refractivity contribution in [2.45, 2.75) is 86.0 Å². The monoisotopic (exact) mass is 359 g/mol. The minimum Gasteiger partial charge on any atom is -0.326 e. The van der Waals surface area contributed by atoms with Crippen molar-refractivity contribution in [3.05, 3.63) is 29.3 Å². The van der Waals surface area contributed by atoms with E-state index in [9.17, 15) is 9.59 Å². The Balaban J connectivity index is 2.49. The fourth-order valence-corrected chi connectivity index (χ4v) is 3.18. The normalized spacial score (nSPS) is 13.3. The molecule has 0 spiro atoms. The van der Waals surface area contributed by atoms with Gasteiger partial charge in [0.2, 0.25) is 5.91 Å². The lowest BCUT2D eigenvalue weighted by Crippen LogP contribution is -2.20. The molecule has 3 heteroatoms. The van der Waals surface area contributed by atoms with Gasteiger partial charge in [0, 0.05) is 23.9 Å². The highest BCUT2D eigenvalue weighted by atomic mass is 16.1. The van der Waals surface area contributed by atoms with Gasteiger partial charge in [0.15, 0.2) is 0 Å². The summed E-state index contributed by atoms with van der Waals surface area (Å²) in [6, 6.07) is 6.15. The highest BCUT2D eigenvalue weighted by molar-refractivity contribution is 5.93. The SMILES string of the molecule is CCCC(C)C(=O)Nc1cccc(CCCCCC(=O)C(C)CC)c1C. The number of nitrogens with one attached hydrogen (secondary N) is 1. The summed E-state index contributed by atoms with van der Waals surface area (Å²) in [4.78, 5) is 24.1. The van der Waals surface area contributed by atoms with Crippen LogP contribution in [0.3, 0.4) is 0 Å². The predicted octanol–water partition coefficient (Wildman–Crippen LogP) is 6.09. The molecule has 1 aromatic carbocycles. The molecule has 1 amide bonds. The lowest BCUT2D eigenvalue weighted by Gasteiger charge is -2.15. The summed E-state index contributed by atoms with van der Waals surface area (Å²) >= 11 is 0. The summed E-state index contributed by atoms with van der Waals surface area (Å²) in [5.41, 5.74) is 3.39. The van der Waals surface area contributed by atoms with Crippen LogP contribution >= 0.6 is 0 Å². The van der Waals surface area contributed by atoms with Crippen molar-refractivity contribution in [2.75, 3.05) is 5.32 Å². The van der Waals surface area contributed by atoms with E-state index in [4.69, 9.17) is 0 Å². The van der Waals surface area contributed by atoms with Crippen LogP contribution in [-0.2, 0) is 16.0 Å². The van der Waals surface area contributed by atoms with Crippen LogP contribution in [0.5, 0.6) is 0 Å². The Bertz CT molecular complexity index is 580. The van der Waals surface area contributed by atoms with Gasteiger partial charge in [0.05, 0.1) is 0 Å². The van der Waals surface area contributed by atoms with Gasteiger partial charge in [-0.05, 0) is 56.2 Å². The first-order valence-corrected chi connectivity index (χ1v) is 10.3. The van der Waals surface area contributed by atoms with Gasteiger partial charge in [-0.15, -0.1) is 0 Å². The first kappa shape index (κ1) is 22.4. The molecule has 1 rings (SSSR count). The Morgan fingerprint density at radius 2 is 1.77 bits per heavy atom. The predicted molar refractivity (Wildman–Crippen MR) is 111 cm³/mol. The van der Waals surface area contributed by atoms with E-state index in [0.717, 1.165) is 50.6 Å². The average molecular weight is 360 g/mol. The van der Waals surface area contributed by atoms with Gasteiger partial charge in [-0.3, -0.25) is 9.59 Å². The number of hydrogen-bond acceptors (Lipinski definition) is 2. The van der Waals surface area contributed by atoms with E-state index in [2.05, 4.69) is 32.2 Å². The van der Waals surface area contributed by atoms with Crippen LogP contribution in [0.2, 0.25) is 0 Å². The molecule has 1 aromatic rings. The maximum absolute atomic E-state index is 12.3. The van der Waals surface area contributed by atoms with E-state index < -0.39 is 0 Å². The van der Waals surface area contributed by atoms with Crippen molar-refractivity contribution >= 4 is 17.4 Å². The second-order valence-corrected chi connectivity index (χ2v) is 7.60.